The number of methoxy groups -OCH3 is 1. The molecule has 3 heteroatoms. The van der Waals surface area contributed by atoms with Crippen molar-refractivity contribution in [3.8, 4) is 5.75 Å². The number of nitrogens with one attached hydrogen (secondary N) is 1. The minimum atomic E-state index is -0.252. The first-order valence-corrected chi connectivity index (χ1v) is 6.70. The zero-order chi connectivity index (χ0) is 13.0. The summed E-state index contributed by atoms with van der Waals surface area (Å²) in [4.78, 5) is 0. The van der Waals surface area contributed by atoms with Gasteiger partial charge in [0.2, 0.25) is 0 Å². The summed E-state index contributed by atoms with van der Waals surface area (Å²) in [6.07, 6.45) is 2.07. The average Bonchev–Trinajstić information content (AvgIpc) is 2.39. The van der Waals surface area contributed by atoms with Crippen molar-refractivity contribution < 1.29 is 9.47 Å². The molecule has 1 aromatic rings. The van der Waals surface area contributed by atoms with Crippen LogP contribution in [0.3, 0.4) is 0 Å². The van der Waals surface area contributed by atoms with Crippen molar-refractivity contribution in [3.05, 3.63) is 29.8 Å². The van der Waals surface area contributed by atoms with E-state index in [1.807, 2.05) is 18.2 Å². The number of para-hydroxylation sites is 1. The third kappa shape index (κ3) is 2.68. The van der Waals surface area contributed by atoms with E-state index in [9.17, 15) is 0 Å². The highest BCUT2D eigenvalue weighted by Crippen LogP contribution is 2.39. The lowest BCUT2D eigenvalue weighted by Crippen LogP contribution is -2.43. The Morgan fingerprint density at radius 2 is 2.22 bits per heavy atom. The molecule has 0 saturated carbocycles. The molecule has 1 N–H and O–H groups in total. The molecule has 1 saturated heterocycles. The molecule has 0 radical (unpaired) electrons. The Labute approximate surface area is 109 Å². The van der Waals surface area contributed by atoms with Gasteiger partial charge in [0.1, 0.15) is 5.75 Å². The number of rotatable bonds is 4. The molecule has 0 spiro atoms. The van der Waals surface area contributed by atoms with Crippen LogP contribution >= 0.6 is 0 Å². The minimum Gasteiger partial charge on any atom is -0.496 e. The van der Waals surface area contributed by atoms with Gasteiger partial charge in [-0.3, -0.25) is 0 Å². The second kappa shape index (κ2) is 5.72. The predicted molar refractivity (Wildman–Crippen MR) is 73.0 cm³/mol. The Bertz CT molecular complexity index is 392. The summed E-state index contributed by atoms with van der Waals surface area (Å²) < 4.78 is 11.5. The van der Waals surface area contributed by atoms with E-state index in [0.717, 1.165) is 37.3 Å². The Morgan fingerprint density at radius 3 is 2.94 bits per heavy atom. The first-order valence-electron chi connectivity index (χ1n) is 6.70. The zero-order valence-electron chi connectivity index (χ0n) is 11.5. The highest BCUT2D eigenvalue weighted by atomic mass is 16.5. The monoisotopic (exact) mass is 249 g/mol. The lowest BCUT2D eigenvalue weighted by atomic mass is 9.85. The van der Waals surface area contributed by atoms with Crippen molar-refractivity contribution in [3.63, 3.8) is 0 Å². The van der Waals surface area contributed by atoms with Crippen LogP contribution in [0.1, 0.15) is 32.3 Å². The molecule has 2 unspecified atom stereocenters. The Hall–Kier alpha value is -1.06. The predicted octanol–water partition coefficient (Wildman–Crippen LogP) is 2.70. The second-order valence-electron chi connectivity index (χ2n) is 5.03. The molecule has 2 atom stereocenters. The fraction of sp³-hybridized carbons (Fsp3) is 0.600. The molecule has 1 aliphatic rings. The topological polar surface area (TPSA) is 30.5 Å². The Balaban J connectivity index is 2.23. The molecule has 1 aromatic carbocycles. The maximum atomic E-state index is 6.05. The van der Waals surface area contributed by atoms with E-state index in [4.69, 9.17) is 9.47 Å². The van der Waals surface area contributed by atoms with Crippen molar-refractivity contribution in [1.82, 2.24) is 5.32 Å². The van der Waals surface area contributed by atoms with Crippen LogP contribution in [0, 0.1) is 0 Å². The van der Waals surface area contributed by atoms with Crippen molar-refractivity contribution in [2.24, 2.45) is 0 Å². The molecule has 1 aliphatic heterocycles. The van der Waals surface area contributed by atoms with Gasteiger partial charge >= 0.3 is 0 Å². The van der Waals surface area contributed by atoms with Crippen LogP contribution in [0.4, 0.5) is 0 Å². The molecule has 1 heterocycles. The third-order valence-electron chi connectivity index (χ3n) is 3.69. The standard InChI is InChI=1S/C15H23NO2/c1-4-16-12-9-10-18-15(2,11-12)13-7-5-6-8-14(13)17-3/h5-8,12,16H,4,9-11H2,1-3H3. The number of hydrogen-bond donors (Lipinski definition) is 1. The normalized spacial score (nSPS) is 28.1. The first kappa shape index (κ1) is 13.4. The Kier molecular flexibility index (Phi) is 4.25. The maximum absolute atomic E-state index is 6.05. The fourth-order valence-corrected chi connectivity index (χ4v) is 2.79. The number of benzene rings is 1. The summed E-state index contributed by atoms with van der Waals surface area (Å²) in [7, 11) is 1.72. The van der Waals surface area contributed by atoms with Crippen LogP contribution < -0.4 is 10.1 Å². The van der Waals surface area contributed by atoms with E-state index in [-0.39, 0.29) is 5.60 Å². The van der Waals surface area contributed by atoms with Gasteiger partial charge in [-0.1, -0.05) is 25.1 Å². The van der Waals surface area contributed by atoms with Crippen molar-refractivity contribution >= 4 is 0 Å². The lowest BCUT2D eigenvalue weighted by molar-refractivity contribution is -0.0821. The molecule has 3 nitrogen and oxygen atoms in total. The van der Waals surface area contributed by atoms with Gasteiger partial charge in [0.25, 0.3) is 0 Å². The van der Waals surface area contributed by atoms with Gasteiger partial charge in [-0.05, 0) is 32.4 Å². The fourth-order valence-electron chi connectivity index (χ4n) is 2.79. The zero-order valence-corrected chi connectivity index (χ0v) is 11.5. The van der Waals surface area contributed by atoms with E-state index in [1.54, 1.807) is 7.11 Å². The minimum absolute atomic E-state index is 0.252. The number of ether oxygens (including phenoxy) is 2. The average molecular weight is 249 g/mol. The van der Waals surface area contributed by atoms with Gasteiger partial charge in [-0.15, -0.1) is 0 Å². The largest absolute Gasteiger partial charge is 0.496 e. The molecular weight excluding hydrogens is 226 g/mol. The highest BCUT2D eigenvalue weighted by Gasteiger charge is 2.36. The smallest absolute Gasteiger partial charge is 0.124 e. The van der Waals surface area contributed by atoms with E-state index < -0.39 is 0 Å². The van der Waals surface area contributed by atoms with Crippen molar-refractivity contribution in [2.75, 3.05) is 20.3 Å². The van der Waals surface area contributed by atoms with Crippen LogP contribution in [0.25, 0.3) is 0 Å². The first-order chi connectivity index (χ1) is 8.69. The van der Waals surface area contributed by atoms with Gasteiger partial charge < -0.3 is 14.8 Å². The van der Waals surface area contributed by atoms with E-state index in [0.29, 0.717) is 6.04 Å². The molecule has 0 bridgehead atoms. The second-order valence-corrected chi connectivity index (χ2v) is 5.03. The van der Waals surface area contributed by atoms with Crippen molar-refractivity contribution in [2.45, 2.75) is 38.3 Å². The maximum Gasteiger partial charge on any atom is 0.124 e. The molecule has 1 fully saturated rings. The molecule has 100 valence electrons. The van der Waals surface area contributed by atoms with Gasteiger partial charge in [-0.2, -0.15) is 0 Å². The molecule has 2 rings (SSSR count). The van der Waals surface area contributed by atoms with Gasteiger partial charge in [0, 0.05) is 18.2 Å². The van der Waals surface area contributed by atoms with Crippen LogP contribution in [-0.2, 0) is 10.3 Å². The third-order valence-corrected chi connectivity index (χ3v) is 3.69. The van der Waals surface area contributed by atoms with E-state index >= 15 is 0 Å². The number of hydrogen-bond acceptors (Lipinski definition) is 3. The summed E-state index contributed by atoms with van der Waals surface area (Å²) in [5, 5.41) is 3.53. The van der Waals surface area contributed by atoms with Gasteiger partial charge in [-0.25, -0.2) is 0 Å². The highest BCUT2D eigenvalue weighted by molar-refractivity contribution is 5.38. The van der Waals surface area contributed by atoms with Crippen LogP contribution in [0.2, 0.25) is 0 Å². The molecule has 0 aromatic heterocycles. The van der Waals surface area contributed by atoms with Crippen molar-refractivity contribution in [1.29, 1.82) is 0 Å². The van der Waals surface area contributed by atoms with E-state index in [1.165, 1.54) is 0 Å². The van der Waals surface area contributed by atoms with Gasteiger partial charge in [0.05, 0.1) is 12.7 Å². The summed E-state index contributed by atoms with van der Waals surface area (Å²) in [6, 6.07) is 8.67. The van der Waals surface area contributed by atoms with E-state index in [2.05, 4.69) is 25.2 Å². The summed E-state index contributed by atoms with van der Waals surface area (Å²) in [5.41, 5.74) is 0.896. The van der Waals surface area contributed by atoms with Crippen LogP contribution in [0.15, 0.2) is 24.3 Å². The molecule has 0 amide bonds. The Morgan fingerprint density at radius 1 is 1.44 bits per heavy atom. The van der Waals surface area contributed by atoms with Gasteiger partial charge in [0.15, 0.2) is 0 Å². The molecular formula is C15H23NO2. The quantitative estimate of drug-likeness (QED) is 0.890. The summed E-state index contributed by atoms with van der Waals surface area (Å²) >= 11 is 0. The summed E-state index contributed by atoms with van der Waals surface area (Å²) in [5.74, 6) is 0.914. The molecule has 18 heavy (non-hydrogen) atoms. The van der Waals surface area contributed by atoms with Crippen LogP contribution in [0.5, 0.6) is 5.75 Å². The molecule has 0 aliphatic carbocycles. The SMILES string of the molecule is CCNC1CCOC(C)(c2ccccc2OC)C1. The summed E-state index contributed by atoms with van der Waals surface area (Å²) in [6.45, 7) is 6.11. The lowest BCUT2D eigenvalue weighted by Gasteiger charge is -2.39. The van der Waals surface area contributed by atoms with Crippen LogP contribution in [-0.4, -0.2) is 26.3 Å².